The third kappa shape index (κ3) is 4.56. The molecule has 4 nitrogen and oxygen atoms in total. The van der Waals surface area contributed by atoms with Crippen molar-refractivity contribution in [2.45, 2.75) is 38.6 Å². The minimum absolute atomic E-state index is 0.0608. The first-order valence-corrected chi connectivity index (χ1v) is 6.44. The number of carbonyl (C=O) groups is 1. The predicted molar refractivity (Wildman–Crippen MR) is 75.3 cm³/mol. The average molecular weight is 265 g/mol. The SMILES string of the molecule is COc1ccccc1C(C)CC(=O)NC(C)(C)CO. The second-order valence-corrected chi connectivity index (χ2v) is 5.44. The summed E-state index contributed by atoms with van der Waals surface area (Å²) < 4.78 is 5.30. The van der Waals surface area contributed by atoms with Crippen molar-refractivity contribution in [2.24, 2.45) is 0 Å². The molecule has 0 radical (unpaired) electrons. The van der Waals surface area contributed by atoms with E-state index in [0.717, 1.165) is 11.3 Å². The lowest BCUT2D eigenvalue weighted by atomic mass is 9.95. The molecule has 0 saturated carbocycles. The second-order valence-electron chi connectivity index (χ2n) is 5.44. The van der Waals surface area contributed by atoms with E-state index in [9.17, 15) is 4.79 Å². The summed E-state index contributed by atoms with van der Waals surface area (Å²) >= 11 is 0. The highest BCUT2D eigenvalue weighted by atomic mass is 16.5. The topological polar surface area (TPSA) is 58.6 Å². The van der Waals surface area contributed by atoms with E-state index in [1.165, 1.54) is 0 Å². The number of ether oxygens (including phenoxy) is 1. The van der Waals surface area contributed by atoms with Gasteiger partial charge >= 0.3 is 0 Å². The van der Waals surface area contributed by atoms with Crippen molar-refractivity contribution in [2.75, 3.05) is 13.7 Å². The van der Waals surface area contributed by atoms with E-state index >= 15 is 0 Å². The maximum atomic E-state index is 11.9. The monoisotopic (exact) mass is 265 g/mol. The van der Waals surface area contributed by atoms with Crippen LogP contribution in [0.5, 0.6) is 5.75 Å². The van der Waals surface area contributed by atoms with E-state index < -0.39 is 5.54 Å². The normalized spacial score (nSPS) is 12.9. The fraction of sp³-hybridized carbons (Fsp3) is 0.533. The molecule has 19 heavy (non-hydrogen) atoms. The van der Waals surface area contributed by atoms with Gasteiger partial charge in [-0.25, -0.2) is 0 Å². The highest BCUT2D eigenvalue weighted by molar-refractivity contribution is 5.77. The van der Waals surface area contributed by atoms with Crippen molar-refractivity contribution >= 4 is 5.91 Å². The highest BCUT2D eigenvalue weighted by Gasteiger charge is 2.21. The third-order valence-electron chi connectivity index (χ3n) is 3.03. The second kappa shape index (κ2) is 6.57. The number of benzene rings is 1. The average Bonchev–Trinajstić information content (AvgIpc) is 2.37. The molecule has 1 atom stereocenters. The Morgan fingerprint density at radius 1 is 1.42 bits per heavy atom. The van der Waals surface area contributed by atoms with E-state index in [2.05, 4.69) is 5.32 Å². The minimum Gasteiger partial charge on any atom is -0.496 e. The zero-order valence-corrected chi connectivity index (χ0v) is 12.1. The first kappa shape index (κ1) is 15.5. The largest absolute Gasteiger partial charge is 0.496 e. The van der Waals surface area contributed by atoms with Crippen molar-refractivity contribution in [1.29, 1.82) is 0 Å². The van der Waals surface area contributed by atoms with Crippen LogP contribution in [0.1, 0.15) is 38.7 Å². The molecule has 0 aliphatic carbocycles. The summed E-state index contributed by atoms with van der Waals surface area (Å²) in [7, 11) is 1.63. The Bertz CT molecular complexity index is 429. The quantitative estimate of drug-likeness (QED) is 0.828. The Kier molecular flexibility index (Phi) is 5.36. The lowest BCUT2D eigenvalue weighted by Gasteiger charge is -2.24. The van der Waals surface area contributed by atoms with Gasteiger partial charge in [-0.3, -0.25) is 4.79 Å². The fourth-order valence-corrected chi connectivity index (χ4v) is 1.93. The molecule has 1 rings (SSSR count). The lowest BCUT2D eigenvalue weighted by molar-refractivity contribution is -0.123. The first-order chi connectivity index (χ1) is 8.89. The van der Waals surface area contributed by atoms with Gasteiger partial charge in [0.05, 0.1) is 19.3 Å². The molecule has 0 bridgehead atoms. The van der Waals surface area contributed by atoms with E-state index in [1.54, 1.807) is 21.0 Å². The number of aliphatic hydroxyl groups excluding tert-OH is 1. The Balaban J connectivity index is 2.69. The van der Waals surface area contributed by atoms with Crippen LogP contribution >= 0.6 is 0 Å². The van der Waals surface area contributed by atoms with E-state index in [-0.39, 0.29) is 18.4 Å². The van der Waals surface area contributed by atoms with Gasteiger partial charge in [0.15, 0.2) is 0 Å². The van der Waals surface area contributed by atoms with Gasteiger partial charge in [-0.15, -0.1) is 0 Å². The maximum absolute atomic E-state index is 11.9. The Morgan fingerprint density at radius 2 is 2.05 bits per heavy atom. The van der Waals surface area contributed by atoms with Crippen LogP contribution in [-0.2, 0) is 4.79 Å². The molecule has 1 amide bonds. The van der Waals surface area contributed by atoms with Crippen molar-refractivity contribution in [1.82, 2.24) is 5.32 Å². The molecule has 1 aromatic rings. The summed E-state index contributed by atoms with van der Waals surface area (Å²) in [4.78, 5) is 11.9. The van der Waals surface area contributed by atoms with Crippen molar-refractivity contribution in [3.63, 3.8) is 0 Å². The van der Waals surface area contributed by atoms with Crippen LogP contribution in [0.25, 0.3) is 0 Å². The van der Waals surface area contributed by atoms with Crippen LogP contribution in [0.3, 0.4) is 0 Å². The van der Waals surface area contributed by atoms with Crippen LogP contribution < -0.4 is 10.1 Å². The zero-order chi connectivity index (χ0) is 14.5. The van der Waals surface area contributed by atoms with Crippen LogP contribution in [0.15, 0.2) is 24.3 Å². The number of carbonyl (C=O) groups excluding carboxylic acids is 1. The molecule has 1 aromatic carbocycles. The number of hydrogen-bond donors (Lipinski definition) is 2. The predicted octanol–water partition coefficient (Wildman–Crippen LogP) is 2.08. The Morgan fingerprint density at radius 3 is 2.63 bits per heavy atom. The Hall–Kier alpha value is -1.55. The van der Waals surface area contributed by atoms with E-state index in [4.69, 9.17) is 9.84 Å². The van der Waals surface area contributed by atoms with Gasteiger partial charge in [0.1, 0.15) is 5.75 Å². The summed E-state index contributed by atoms with van der Waals surface area (Å²) in [6.45, 7) is 5.49. The van der Waals surface area contributed by atoms with Crippen LogP contribution in [0.4, 0.5) is 0 Å². The number of rotatable bonds is 6. The van der Waals surface area contributed by atoms with Gasteiger partial charge in [0, 0.05) is 6.42 Å². The summed E-state index contributed by atoms with van der Waals surface area (Å²) in [5.41, 5.74) is 0.430. The molecule has 0 saturated heterocycles. The molecule has 0 spiro atoms. The standard InChI is InChI=1S/C15H23NO3/c1-11(9-14(18)16-15(2,3)10-17)12-7-5-6-8-13(12)19-4/h5-8,11,17H,9-10H2,1-4H3,(H,16,18). The van der Waals surface area contributed by atoms with Gasteiger partial charge in [-0.1, -0.05) is 25.1 Å². The van der Waals surface area contributed by atoms with Crippen LogP contribution in [-0.4, -0.2) is 30.3 Å². The summed E-state index contributed by atoms with van der Waals surface area (Å²) in [5, 5.41) is 12.0. The summed E-state index contributed by atoms with van der Waals surface area (Å²) in [6, 6.07) is 7.70. The smallest absolute Gasteiger partial charge is 0.221 e. The fourth-order valence-electron chi connectivity index (χ4n) is 1.93. The summed E-state index contributed by atoms with van der Waals surface area (Å²) in [6.07, 6.45) is 0.365. The van der Waals surface area contributed by atoms with E-state index in [0.29, 0.717) is 6.42 Å². The molecule has 0 heterocycles. The zero-order valence-electron chi connectivity index (χ0n) is 12.1. The van der Waals surface area contributed by atoms with Gasteiger partial charge in [0.25, 0.3) is 0 Å². The lowest BCUT2D eigenvalue weighted by Crippen LogP contribution is -2.46. The van der Waals surface area contributed by atoms with Crippen molar-refractivity contribution < 1.29 is 14.6 Å². The van der Waals surface area contributed by atoms with Gasteiger partial charge < -0.3 is 15.2 Å². The molecule has 2 N–H and O–H groups in total. The molecule has 0 aliphatic rings. The summed E-state index contributed by atoms with van der Waals surface area (Å²) in [5.74, 6) is 0.785. The van der Waals surface area contributed by atoms with Gasteiger partial charge in [-0.2, -0.15) is 0 Å². The number of para-hydroxylation sites is 1. The number of methoxy groups -OCH3 is 1. The molecule has 106 valence electrons. The van der Waals surface area contributed by atoms with Crippen LogP contribution in [0, 0.1) is 0 Å². The molecule has 0 aromatic heterocycles. The van der Waals surface area contributed by atoms with Crippen molar-refractivity contribution in [3.8, 4) is 5.75 Å². The van der Waals surface area contributed by atoms with Gasteiger partial charge in [0.2, 0.25) is 5.91 Å². The molecule has 0 fully saturated rings. The van der Waals surface area contributed by atoms with Crippen molar-refractivity contribution in [3.05, 3.63) is 29.8 Å². The number of aliphatic hydroxyl groups is 1. The molecular weight excluding hydrogens is 242 g/mol. The number of nitrogens with one attached hydrogen (secondary N) is 1. The highest BCUT2D eigenvalue weighted by Crippen LogP contribution is 2.28. The molecule has 0 aliphatic heterocycles. The van der Waals surface area contributed by atoms with E-state index in [1.807, 2.05) is 31.2 Å². The first-order valence-electron chi connectivity index (χ1n) is 6.44. The molecular formula is C15H23NO3. The molecule has 1 unspecified atom stereocenters. The van der Waals surface area contributed by atoms with Gasteiger partial charge in [-0.05, 0) is 31.4 Å². The maximum Gasteiger partial charge on any atom is 0.221 e. The number of amides is 1. The molecule has 4 heteroatoms. The number of hydrogen-bond acceptors (Lipinski definition) is 3. The third-order valence-corrected chi connectivity index (χ3v) is 3.03. The van der Waals surface area contributed by atoms with Crippen LogP contribution in [0.2, 0.25) is 0 Å². The Labute approximate surface area is 114 Å². The minimum atomic E-state index is -0.586.